The molecule has 1 aromatic carbocycles. The maximum Gasteiger partial charge on any atom is 0.163 e. The lowest BCUT2D eigenvalue weighted by Gasteiger charge is -2.13. The van der Waals surface area contributed by atoms with E-state index in [1.165, 1.54) is 0 Å². The van der Waals surface area contributed by atoms with Crippen LogP contribution in [0.1, 0.15) is 42.1 Å². The number of hydrogen-bond donors (Lipinski definition) is 0. The van der Waals surface area contributed by atoms with Crippen molar-refractivity contribution in [3.8, 4) is 0 Å². The van der Waals surface area contributed by atoms with Crippen LogP contribution < -0.4 is 0 Å². The van der Waals surface area contributed by atoms with Gasteiger partial charge in [0.25, 0.3) is 0 Å². The van der Waals surface area contributed by atoms with Crippen LogP contribution in [0.3, 0.4) is 0 Å². The predicted octanol–water partition coefficient (Wildman–Crippen LogP) is 3.12. The third-order valence-electron chi connectivity index (χ3n) is 2.56. The van der Waals surface area contributed by atoms with Gasteiger partial charge in [0.15, 0.2) is 5.78 Å². The number of rotatable bonds is 6. The first-order valence-electron chi connectivity index (χ1n) is 5.91. The molecule has 0 amide bonds. The van der Waals surface area contributed by atoms with Gasteiger partial charge in [0.05, 0.1) is 0 Å². The zero-order valence-electron chi connectivity index (χ0n) is 10.5. The smallest absolute Gasteiger partial charge is 0.163 e. The maximum absolute atomic E-state index is 12.0. The van der Waals surface area contributed by atoms with Crippen LogP contribution >= 0.6 is 0 Å². The van der Waals surface area contributed by atoms with Crippen LogP contribution in [-0.2, 0) is 6.54 Å². The Morgan fingerprint density at radius 2 is 1.94 bits per heavy atom. The van der Waals surface area contributed by atoms with Gasteiger partial charge in [0.1, 0.15) is 0 Å². The SMILES string of the molecule is CCCCC(=O)c1ccccc1CN(C)C. The highest BCUT2D eigenvalue weighted by Crippen LogP contribution is 2.14. The normalized spacial score (nSPS) is 10.8. The van der Waals surface area contributed by atoms with Gasteiger partial charge in [-0.05, 0) is 26.1 Å². The fourth-order valence-corrected chi connectivity index (χ4v) is 1.74. The number of hydrogen-bond acceptors (Lipinski definition) is 2. The average molecular weight is 219 g/mol. The highest BCUT2D eigenvalue weighted by atomic mass is 16.1. The molecule has 0 fully saturated rings. The van der Waals surface area contributed by atoms with Crippen molar-refractivity contribution >= 4 is 5.78 Å². The van der Waals surface area contributed by atoms with E-state index in [4.69, 9.17) is 0 Å². The summed E-state index contributed by atoms with van der Waals surface area (Å²) in [6.45, 7) is 2.94. The first-order valence-corrected chi connectivity index (χ1v) is 5.91. The van der Waals surface area contributed by atoms with E-state index in [-0.39, 0.29) is 5.78 Å². The van der Waals surface area contributed by atoms with Gasteiger partial charge in [0.2, 0.25) is 0 Å². The molecule has 0 aromatic heterocycles. The summed E-state index contributed by atoms with van der Waals surface area (Å²) >= 11 is 0. The Kier molecular flexibility index (Phi) is 5.20. The Hall–Kier alpha value is -1.15. The molecular formula is C14H21NO. The number of carbonyl (C=O) groups is 1. The van der Waals surface area contributed by atoms with Crippen molar-refractivity contribution < 1.29 is 4.79 Å². The molecule has 0 heterocycles. The van der Waals surface area contributed by atoms with E-state index in [2.05, 4.69) is 11.8 Å². The molecule has 0 unspecified atom stereocenters. The fourth-order valence-electron chi connectivity index (χ4n) is 1.74. The van der Waals surface area contributed by atoms with Crippen LogP contribution in [0.15, 0.2) is 24.3 Å². The van der Waals surface area contributed by atoms with E-state index >= 15 is 0 Å². The summed E-state index contributed by atoms with van der Waals surface area (Å²) in [6.07, 6.45) is 2.72. The van der Waals surface area contributed by atoms with Crippen molar-refractivity contribution in [3.63, 3.8) is 0 Å². The minimum atomic E-state index is 0.277. The third kappa shape index (κ3) is 3.78. The largest absolute Gasteiger partial charge is 0.305 e. The van der Waals surface area contributed by atoms with Crippen molar-refractivity contribution in [3.05, 3.63) is 35.4 Å². The quantitative estimate of drug-likeness (QED) is 0.685. The van der Waals surface area contributed by atoms with Crippen LogP contribution in [0, 0.1) is 0 Å². The second kappa shape index (κ2) is 6.44. The van der Waals surface area contributed by atoms with Gasteiger partial charge in [0, 0.05) is 18.5 Å². The molecular weight excluding hydrogens is 198 g/mol. The van der Waals surface area contributed by atoms with Crippen molar-refractivity contribution in [2.24, 2.45) is 0 Å². The van der Waals surface area contributed by atoms with E-state index in [0.29, 0.717) is 6.42 Å². The van der Waals surface area contributed by atoms with E-state index in [9.17, 15) is 4.79 Å². The molecule has 16 heavy (non-hydrogen) atoms. The van der Waals surface area contributed by atoms with Gasteiger partial charge in [-0.15, -0.1) is 0 Å². The summed E-state index contributed by atoms with van der Waals surface area (Å²) in [5.74, 6) is 0.277. The lowest BCUT2D eigenvalue weighted by molar-refractivity contribution is 0.0978. The number of carbonyl (C=O) groups excluding carboxylic acids is 1. The molecule has 0 N–H and O–H groups in total. The number of benzene rings is 1. The molecule has 0 aliphatic carbocycles. The van der Waals surface area contributed by atoms with E-state index in [1.807, 2.05) is 38.4 Å². The maximum atomic E-state index is 12.0. The van der Waals surface area contributed by atoms with Gasteiger partial charge in [-0.1, -0.05) is 37.6 Å². The summed E-state index contributed by atoms with van der Waals surface area (Å²) in [7, 11) is 4.04. The molecule has 2 heteroatoms. The molecule has 0 aliphatic rings. The Labute approximate surface area is 98.3 Å². The average Bonchev–Trinajstić information content (AvgIpc) is 2.26. The molecule has 1 aromatic rings. The standard InChI is InChI=1S/C14H21NO/c1-4-5-10-14(16)13-9-7-6-8-12(13)11-15(2)3/h6-9H,4-5,10-11H2,1-3H3. The Balaban J connectivity index is 2.81. The minimum absolute atomic E-state index is 0.277. The van der Waals surface area contributed by atoms with Gasteiger partial charge >= 0.3 is 0 Å². The van der Waals surface area contributed by atoms with Gasteiger partial charge in [-0.3, -0.25) is 4.79 Å². The number of nitrogens with zero attached hydrogens (tertiary/aromatic N) is 1. The zero-order valence-corrected chi connectivity index (χ0v) is 10.5. The predicted molar refractivity (Wildman–Crippen MR) is 67.7 cm³/mol. The highest BCUT2D eigenvalue weighted by molar-refractivity contribution is 5.97. The van der Waals surface area contributed by atoms with Crippen LogP contribution in [0.25, 0.3) is 0 Å². The first kappa shape index (κ1) is 12.9. The highest BCUT2D eigenvalue weighted by Gasteiger charge is 2.10. The number of unbranched alkanes of at least 4 members (excludes halogenated alkanes) is 1. The molecule has 0 aliphatic heterocycles. The van der Waals surface area contributed by atoms with Gasteiger partial charge in [-0.25, -0.2) is 0 Å². The third-order valence-corrected chi connectivity index (χ3v) is 2.56. The zero-order chi connectivity index (χ0) is 12.0. The molecule has 1 rings (SSSR count). The second-order valence-electron chi connectivity index (χ2n) is 4.42. The summed E-state index contributed by atoms with van der Waals surface area (Å²) < 4.78 is 0. The minimum Gasteiger partial charge on any atom is -0.305 e. The lowest BCUT2D eigenvalue weighted by Crippen LogP contribution is -2.14. The summed E-state index contributed by atoms with van der Waals surface area (Å²) in [6, 6.07) is 7.92. The molecule has 0 saturated carbocycles. The van der Waals surface area contributed by atoms with Crippen LogP contribution in [-0.4, -0.2) is 24.8 Å². The van der Waals surface area contributed by atoms with E-state index < -0.39 is 0 Å². The van der Waals surface area contributed by atoms with Crippen molar-refractivity contribution in [1.82, 2.24) is 4.90 Å². The Morgan fingerprint density at radius 3 is 2.56 bits per heavy atom. The Bertz CT molecular complexity index is 344. The molecule has 0 radical (unpaired) electrons. The summed E-state index contributed by atoms with van der Waals surface area (Å²) in [5, 5.41) is 0. The van der Waals surface area contributed by atoms with Crippen molar-refractivity contribution in [2.75, 3.05) is 14.1 Å². The van der Waals surface area contributed by atoms with Crippen LogP contribution in [0.4, 0.5) is 0 Å². The van der Waals surface area contributed by atoms with E-state index in [0.717, 1.165) is 30.5 Å². The van der Waals surface area contributed by atoms with Gasteiger partial charge in [-0.2, -0.15) is 0 Å². The summed E-state index contributed by atoms with van der Waals surface area (Å²) in [4.78, 5) is 14.1. The van der Waals surface area contributed by atoms with E-state index in [1.54, 1.807) is 0 Å². The van der Waals surface area contributed by atoms with Crippen LogP contribution in [0.2, 0.25) is 0 Å². The van der Waals surface area contributed by atoms with Crippen molar-refractivity contribution in [1.29, 1.82) is 0 Å². The van der Waals surface area contributed by atoms with Crippen molar-refractivity contribution in [2.45, 2.75) is 32.7 Å². The molecule has 0 spiro atoms. The molecule has 0 atom stereocenters. The topological polar surface area (TPSA) is 20.3 Å². The fraction of sp³-hybridized carbons (Fsp3) is 0.500. The Morgan fingerprint density at radius 1 is 1.25 bits per heavy atom. The molecule has 2 nitrogen and oxygen atoms in total. The number of Topliss-reactive ketones (excluding diaryl/α,β-unsaturated/α-hetero) is 1. The number of ketones is 1. The van der Waals surface area contributed by atoms with Gasteiger partial charge < -0.3 is 4.90 Å². The van der Waals surface area contributed by atoms with Crippen LogP contribution in [0.5, 0.6) is 0 Å². The monoisotopic (exact) mass is 219 g/mol. The first-order chi connectivity index (χ1) is 7.65. The molecule has 0 bridgehead atoms. The second-order valence-corrected chi connectivity index (χ2v) is 4.42. The molecule has 88 valence electrons. The summed E-state index contributed by atoms with van der Waals surface area (Å²) in [5.41, 5.74) is 2.03. The molecule has 0 saturated heterocycles. The lowest BCUT2D eigenvalue weighted by atomic mass is 10.00.